The Morgan fingerprint density at radius 1 is 1.05 bits per heavy atom. The lowest BCUT2D eigenvalue weighted by Crippen LogP contribution is -2.35. The number of phenols is 1. The lowest BCUT2D eigenvalue weighted by atomic mass is 9.80. The van der Waals surface area contributed by atoms with Crippen molar-refractivity contribution >= 4 is 44.9 Å². The summed E-state index contributed by atoms with van der Waals surface area (Å²) in [4.78, 5) is 54.9. The first-order valence-corrected chi connectivity index (χ1v) is 13.2. The Kier molecular flexibility index (Phi) is 6.12. The van der Waals surface area contributed by atoms with E-state index in [9.17, 15) is 39.6 Å². The van der Waals surface area contributed by atoms with Crippen LogP contribution in [-0.4, -0.2) is 49.8 Å². The topological polar surface area (TPSA) is 176 Å². The molecule has 212 valence electrons. The maximum Gasteiger partial charge on any atom is 0.262 e. The van der Waals surface area contributed by atoms with Gasteiger partial charge in [0.25, 0.3) is 5.56 Å². The van der Waals surface area contributed by atoms with Gasteiger partial charge < -0.3 is 34.1 Å². The second kappa shape index (κ2) is 9.25. The van der Waals surface area contributed by atoms with Crippen molar-refractivity contribution in [2.75, 3.05) is 7.11 Å². The maximum atomic E-state index is 14.0. The van der Waals surface area contributed by atoms with Gasteiger partial charge >= 0.3 is 0 Å². The van der Waals surface area contributed by atoms with E-state index in [4.69, 9.17) is 20.8 Å². The number of methoxy groups -OCH3 is 1. The van der Waals surface area contributed by atoms with E-state index in [1.54, 1.807) is 0 Å². The van der Waals surface area contributed by atoms with Gasteiger partial charge in [0.2, 0.25) is 11.2 Å². The molecule has 2 aliphatic rings. The van der Waals surface area contributed by atoms with Crippen molar-refractivity contribution in [3.8, 4) is 11.5 Å². The lowest BCUT2D eigenvalue weighted by molar-refractivity contribution is -0.0373. The number of fused-ring (bicyclic) bond motifs is 6. The van der Waals surface area contributed by atoms with Crippen molar-refractivity contribution < 1.29 is 39.2 Å². The fourth-order valence-electron chi connectivity index (χ4n) is 6.03. The highest BCUT2D eigenvalue weighted by Crippen LogP contribution is 2.47. The molecule has 2 aromatic heterocycles. The summed E-state index contributed by atoms with van der Waals surface area (Å²) in [6.45, 7) is 1.88. The quantitative estimate of drug-likeness (QED) is 0.232. The van der Waals surface area contributed by atoms with Gasteiger partial charge in [-0.15, -0.1) is 0 Å². The molecular formula is C29H24ClNO10. The van der Waals surface area contributed by atoms with Crippen LogP contribution in [0.4, 0.5) is 0 Å². The van der Waals surface area contributed by atoms with E-state index >= 15 is 0 Å². The largest absolute Gasteiger partial charge is 0.506 e. The third-order valence-corrected chi connectivity index (χ3v) is 8.40. The van der Waals surface area contributed by atoms with Gasteiger partial charge in [0.15, 0.2) is 17.1 Å². The molecule has 3 atom stereocenters. The maximum absolute atomic E-state index is 14.0. The fourth-order valence-corrected chi connectivity index (χ4v) is 6.44. The van der Waals surface area contributed by atoms with Crippen molar-refractivity contribution in [2.24, 2.45) is 7.05 Å². The molecular weight excluding hydrogens is 558 g/mol. The monoisotopic (exact) mass is 581 g/mol. The van der Waals surface area contributed by atoms with Crippen molar-refractivity contribution in [1.29, 1.82) is 0 Å². The lowest BCUT2D eigenvalue weighted by Gasteiger charge is -2.29. The molecule has 0 amide bonds. The number of carbonyl (C=O) groups excluding carboxylic acids is 2. The molecule has 2 heterocycles. The van der Waals surface area contributed by atoms with Crippen molar-refractivity contribution in [3.05, 3.63) is 77.0 Å². The first kappa shape index (κ1) is 27.2. The Balaban J connectivity index is 1.76. The zero-order chi connectivity index (χ0) is 29.7. The Bertz CT molecular complexity index is 1990. The molecule has 11 nitrogen and oxygen atoms in total. The third-order valence-electron chi connectivity index (χ3n) is 8.00. The number of aliphatic hydroxyl groups excluding tert-OH is 3. The summed E-state index contributed by atoms with van der Waals surface area (Å²) < 4.78 is 12.6. The van der Waals surface area contributed by atoms with Crippen molar-refractivity contribution in [2.45, 2.75) is 44.5 Å². The van der Waals surface area contributed by atoms with Gasteiger partial charge in [-0.1, -0.05) is 24.9 Å². The number of ketones is 2. The summed E-state index contributed by atoms with van der Waals surface area (Å²) >= 11 is 6.59. The summed E-state index contributed by atoms with van der Waals surface area (Å²) in [5, 5.41) is 42.1. The van der Waals surface area contributed by atoms with Gasteiger partial charge in [-0.05, 0) is 18.6 Å². The molecule has 41 heavy (non-hydrogen) atoms. The number of nitrogens with zero attached hydrogens (tertiary/aromatic N) is 1. The smallest absolute Gasteiger partial charge is 0.262 e. The molecule has 4 N–H and O–H groups in total. The fraction of sp³-hybridized carbons (Fsp3) is 0.310. The zero-order valence-electron chi connectivity index (χ0n) is 22.1. The van der Waals surface area contributed by atoms with Crippen LogP contribution in [0.5, 0.6) is 11.5 Å². The second-order valence-electron chi connectivity index (χ2n) is 10.3. The van der Waals surface area contributed by atoms with Crippen LogP contribution < -0.4 is 15.7 Å². The van der Waals surface area contributed by atoms with Crippen LogP contribution in [0.2, 0.25) is 5.02 Å². The molecule has 6 rings (SSSR count). The predicted octanol–water partition coefficient (Wildman–Crippen LogP) is 2.57. The number of phenolic OH excluding ortho intramolecular Hbond substituents is 1. The minimum absolute atomic E-state index is 0.00765. The van der Waals surface area contributed by atoms with E-state index in [-0.39, 0.29) is 56.0 Å². The number of aliphatic hydroxyl groups is 3. The summed E-state index contributed by atoms with van der Waals surface area (Å²) in [5.41, 5.74) is -3.18. The molecule has 4 aromatic rings. The molecule has 0 saturated carbocycles. The highest BCUT2D eigenvalue weighted by molar-refractivity contribution is 6.41. The number of carbonyl (C=O) groups is 2. The van der Waals surface area contributed by atoms with E-state index in [1.165, 1.54) is 30.9 Å². The van der Waals surface area contributed by atoms with Gasteiger partial charge in [-0.2, -0.15) is 0 Å². The summed E-state index contributed by atoms with van der Waals surface area (Å²) in [6, 6.07) is 2.74. The number of benzene rings is 2. The van der Waals surface area contributed by atoms with E-state index in [0.717, 1.165) is 0 Å². The van der Waals surface area contributed by atoms with Crippen LogP contribution in [0.1, 0.15) is 80.8 Å². The van der Waals surface area contributed by atoms with E-state index in [1.807, 2.05) is 6.92 Å². The molecule has 2 aromatic carbocycles. The molecule has 0 bridgehead atoms. The summed E-state index contributed by atoms with van der Waals surface area (Å²) in [7, 11) is 2.71. The van der Waals surface area contributed by atoms with E-state index < -0.39 is 63.1 Å². The molecule has 0 spiro atoms. The van der Waals surface area contributed by atoms with Gasteiger partial charge in [0, 0.05) is 41.1 Å². The van der Waals surface area contributed by atoms with Crippen molar-refractivity contribution in [1.82, 2.24) is 4.57 Å². The predicted molar refractivity (Wildman–Crippen MR) is 146 cm³/mol. The van der Waals surface area contributed by atoms with Crippen LogP contribution >= 0.6 is 11.6 Å². The average molecular weight is 582 g/mol. The van der Waals surface area contributed by atoms with Gasteiger partial charge in [0.05, 0.1) is 29.4 Å². The number of rotatable bonds is 3. The third kappa shape index (κ3) is 3.43. The zero-order valence-corrected chi connectivity index (χ0v) is 22.8. The molecule has 2 aliphatic carbocycles. The van der Waals surface area contributed by atoms with E-state index in [0.29, 0.717) is 18.5 Å². The number of aromatic hydroxyl groups is 1. The molecule has 0 saturated heterocycles. The SMILES string of the molecule is CCCc1c(Cl)c2c(c(=O)n1C)C(=O)c1c(ccc3c(OC)c4oc5c(c(=O)c4c(O)c13)C(O)C(O)CC5O)C2=O. The second-order valence-corrected chi connectivity index (χ2v) is 10.6. The normalized spacial score (nSPS) is 19.8. The number of aromatic nitrogens is 1. The van der Waals surface area contributed by atoms with Gasteiger partial charge in [-0.3, -0.25) is 19.2 Å². The Labute approximate surface area is 235 Å². The van der Waals surface area contributed by atoms with Crippen LogP contribution in [0.15, 0.2) is 26.1 Å². The highest BCUT2D eigenvalue weighted by atomic mass is 35.5. The number of ether oxygens (including phenoxy) is 1. The highest BCUT2D eigenvalue weighted by Gasteiger charge is 2.41. The Hall–Kier alpha value is -4.03. The van der Waals surface area contributed by atoms with Crippen LogP contribution in [0.3, 0.4) is 0 Å². The molecule has 3 unspecified atom stereocenters. The Morgan fingerprint density at radius 2 is 1.76 bits per heavy atom. The average Bonchev–Trinajstić information content (AvgIpc) is 2.94. The van der Waals surface area contributed by atoms with Crippen molar-refractivity contribution in [3.63, 3.8) is 0 Å². The number of halogens is 1. The Morgan fingerprint density at radius 3 is 2.41 bits per heavy atom. The number of hydrogen-bond donors (Lipinski definition) is 4. The minimum atomic E-state index is -1.72. The molecule has 12 heteroatoms. The number of hydrogen-bond acceptors (Lipinski definition) is 10. The standard InChI is InChI=1S/C29H24ClNO10/c1-4-5-11-20(30)16-17(29(39)31(11)2)23(36)14-9(21(16)34)6-7-10-15(14)24(37)19-25(38)18-22(35)12(32)8-13(33)27(18)41-28(19)26(10)40-3/h6-7,12-13,22,32-33,35,37H,4-5,8H2,1-3H3. The van der Waals surface area contributed by atoms with Crippen LogP contribution in [0.25, 0.3) is 21.7 Å². The van der Waals surface area contributed by atoms with Crippen LogP contribution in [-0.2, 0) is 13.5 Å². The summed E-state index contributed by atoms with van der Waals surface area (Å²) in [5.74, 6) is -2.74. The first-order chi connectivity index (χ1) is 19.5. The molecule has 0 fully saturated rings. The van der Waals surface area contributed by atoms with Gasteiger partial charge in [-0.25, -0.2) is 0 Å². The molecule has 0 radical (unpaired) electrons. The molecule has 0 aliphatic heterocycles. The minimum Gasteiger partial charge on any atom is -0.506 e. The van der Waals surface area contributed by atoms with Crippen LogP contribution in [0, 0.1) is 0 Å². The van der Waals surface area contributed by atoms with E-state index in [2.05, 4.69) is 0 Å². The number of pyridine rings is 1. The van der Waals surface area contributed by atoms with Gasteiger partial charge in [0.1, 0.15) is 34.7 Å². The summed E-state index contributed by atoms with van der Waals surface area (Å²) in [6.07, 6.45) is -3.91. The first-order valence-electron chi connectivity index (χ1n) is 12.9.